The van der Waals surface area contributed by atoms with Crippen molar-refractivity contribution >= 4 is 5.69 Å². The lowest BCUT2D eigenvalue weighted by molar-refractivity contribution is 0.0115. The highest BCUT2D eigenvalue weighted by molar-refractivity contribution is 5.46. The van der Waals surface area contributed by atoms with Gasteiger partial charge in [-0.3, -0.25) is 0 Å². The molecular weight excluding hydrogens is 186 g/mol. The van der Waals surface area contributed by atoms with Crippen molar-refractivity contribution in [1.29, 1.82) is 0 Å². The topological polar surface area (TPSA) is 35.2 Å². The Kier molecular flexibility index (Phi) is 3.62. The quantitative estimate of drug-likeness (QED) is 0.770. The van der Waals surface area contributed by atoms with E-state index in [9.17, 15) is 0 Å². The van der Waals surface area contributed by atoms with Crippen LogP contribution in [0.15, 0.2) is 24.3 Å². The number of aryl methyl sites for hydroxylation is 1. The molecule has 0 aromatic heterocycles. The van der Waals surface area contributed by atoms with Gasteiger partial charge in [0.05, 0.1) is 6.10 Å². The average molecular weight is 205 g/mol. The molecular formula is C13H19NO. The van der Waals surface area contributed by atoms with Crippen molar-refractivity contribution in [3.63, 3.8) is 0 Å². The minimum Gasteiger partial charge on any atom is -0.399 e. The molecule has 1 saturated heterocycles. The van der Waals surface area contributed by atoms with Crippen LogP contribution in [0, 0.1) is 0 Å². The second-order valence-corrected chi connectivity index (χ2v) is 4.23. The molecule has 0 amide bonds. The molecule has 82 valence electrons. The van der Waals surface area contributed by atoms with Crippen molar-refractivity contribution in [2.75, 3.05) is 12.3 Å². The number of nitrogen functional groups attached to an aromatic ring is 1. The Hall–Kier alpha value is -1.02. The summed E-state index contributed by atoms with van der Waals surface area (Å²) in [6, 6.07) is 8.11. The molecule has 1 heterocycles. The number of rotatable bonds is 3. The van der Waals surface area contributed by atoms with Crippen LogP contribution in [0.4, 0.5) is 5.69 Å². The van der Waals surface area contributed by atoms with Crippen LogP contribution in [0.5, 0.6) is 0 Å². The SMILES string of the molecule is Nc1ccccc1CCC1CCCCO1. The van der Waals surface area contributed by atoms with E-state index in [1.165, 1.54) is 24.8 Å². The maximum Gasteiger partial charge on any atom is 0.0578 e. The maximum absolute atomic E-state index is 5.90. The highest BCUT2D eigenvalue weighted by Crippen LogP contribution is 2.20. The van der Waals surface area contributed by atoms with E-state index < -0.39 is 0 Å². The summed E-state index contributed by atoms with van der Waals surface area (Å²) in [6.45, 7) is 0.939. The van der Waals surface area contributed by atoms with Crippen molar-refractivity contribution < 1.29 is 4.74 Å². The van der Waals surface area contributed by atoms with Gasteiger partial charge in [0.1, 0.15) is 0 Å². The summed E-state index contributed by atoms with van der Waals surface area (Å²) in [5.41, 5.74) is 8.06. The van der Waals surface area contributed by atoms with Gasteiger partial charge in [-0.1, -0.05) is 18.2 Å². The van der Waals surface area contributed by atoms with Crippen molar-refractivity contribution in [2.24, 2.45) is 0 Å². The minimum absolute atomic E-state index is 0.457. The molecule has 1 fully saturated rings. The molecule has 0 radical (unpaired) electrons. The number of ether oxygens (including phenoxy) is 1. The molecule has 2 heteroatoms. The Morgan fingerprint density at radius 3 is 2.87 bits per heavy atom. The number of hydrogen-bond acceptors (Lipinski definition) is 2. The van der Waals surface area contributed by atoms with Crippen LogP contribution in [0.2, 0.25) is 0 Å². The third-order valence-electron chi connectivity index (χ3n) is 3.06. The van der Waals surface area contributed by atoms with Crippen molar-refractivity contribution in [3.05, 3.63) is 29.8 Å². The summed E-state index contributed by atoms with van der Waals surface area (Å²) < 4.78 is 5.70. The Labute approximate surface area is 91.4 Å². The summed E-state index contributed by atoms with van der Waals surface area (Å²) in [5.74, 6) is 0. The van der Waals surface area contributed by atoms with Gasteiger partial charge in [-0.15, -0.1) is 0 Å². The van der Waals surface area contributed by atoms with Gasteiger partial charge in [0, 0.05) is 12.3 Å². The third kappa shape index (κ3) is 2.96. The smallest absolute Gasteiger partial charge is 0.0578 e. The fourth-order valence-electron chi connectivity index (χ4n) is 2.11. The van der Waals surface area contributed by atoms with Crippen molar-refractivity contribution in [1.82, 2.24) is 0 Å². The lowest BCUT2D eigenvalue weighted by Crippen LogP contribution is -2.19. The van der Waals surface area contributed by atoms with Crippen LogP contribution in [-0.4, -0.2) is 12.7 Å². The Bertz CT molecular complexity index is 305. The molecule has 1 atom stereocenters. The molecule has 2 N–H and O–H groups in total. The Morgan fingerprint density at radius 1 is 1.27 bits per heavy atom. The van der Waals surface area contributed by atoms with E-state index in [0.717, 1.165) is 25.1 Å². The molecule has 1 aromatic carbocycles. The molecule has 1 unspecified atom stereocenters. The first-order valence-electron chi connectivity index (χ1n) is 5.81. The number of para-hydroxylation sites is 1. The van der Waals surface area contributed by atoms with Crippen LogP contribution in [-0.2, 0) is 11.2 Å². The zero-order valence-electron chi connectivity index (χ0n) is 9.11. The summed E-state index contributed by atoms with van der Waals surface area (Å²) in [4.78, 5) is 0. The first-order valence-corrected chi connectivity index (χ1v) is 5.81. The molecule has 2 rings (SSSR count). The van der Waals surface area contributed by atoms with Crippen LogP contribution in [0.25, 0.3) is 0 Å². The van der Waals surface area contributed by atoms with E-state index in [-0.39, 0.29) is 0 Å². The van der Waals surface area contributed by atoms with Gasteiger partial charge in [-0.25, -0.2) is 0 Å². The predicted octanol–water partition coefficient (Wildman–Crippen LogP) is 2.77. The van der Waals surface area contributed by atoms with E-state index in [1.54, 1.807) is 0 Å². The molecule has 0 bridgehead atoms. The van der Waals surface area contributed by atoms with Gasteiger partial charge < -0.3 is 10.5 Å². The number of anilines is 1. The maximum atomic E-state index is 5.90. The fourth-order valence-corrected chi connectivity index (χ4v) is 2.11. The van der Waals surface area contributed by atoms with Crippen LogP contribution in [0.3, 0.4) is 0 Å². The van der Waals surface area contributed by atoms with E-state index in [1.807, 2.05) is 18.2 Å². The van der Waals surface area contributed by atoms with E-state index in [0.29, 0.717) is 6.10 Å². The molecule has 1 aromatic rings. The Balaban J connectivity index is 1.84. The molecule has 1 aliphatic rings. The standard InChI is InChI=1S/C13H19NO/c14-13-7-2-1-5-11(13)8-9-12-6-3-4-10-15-12/h1-2,5,7,12H,3-4,6,8-10,14H2. The average Bonchev–Trinajstić information content (AvgIpc) is 2.29. The molecule has 0 saturated carbocycles. The van der Waals surface area contributed by atoms with Gasteiger partial charge in [0.25, 0.3) is 0 Å². The van der Waals surface area contributed by atoms with Crippen molar-refractivity contribution in [3.8, 4) is 0 Å². The summed E-state index contributed by atoms with van der Waals surface area (Å²) in [5, 5.41) is 0. The largest absolute Gasteiger partial charge is 0.399 e. The van der Waals surface area contributed by atoms with Gasteiger partial charge in [0.2, 0.25) is 0 Å². The van der Waals surface area contributed by atoms with E-state index in [4.69, 9.17) is 10.5 Å². The predicted molar refractivity (Wildman–Crippen MR) is 62.8 cm³/mol. The van der Waals surface area contributed by atoms with E-state index in [2.05, 4.69) is 6.07 Å². The highest BCUT2D eigenvalue weighted by atomic mass is 16.5. The molecule has 0 aliphatic carbocycles. The van der Waals surface area contributed by atoms with Crippen LogP contribution in [0.1, 0.15) is 31.2 Å². The second-order valence-electron chi connectivity index (χ2n) is 4.23. The van der Waals surface area contributed by atoms with Gasteiger partial charge >= 0.3 is 0 Å². The van der Waals surface area contributed by atoms with Crippen molar-refractivity contribution in [2.45, 2.75) is 38.2 Å². The first-order chi connectivity index (χ1) is 7.36. The van der Waals surface area contributed by atoms with E-state index >= 15 is 0 Å². The fraction of sp³-hybridized carbons (Fsp3) is 0.538. The summed E-state index contributed by atoms with van der Waals surface area (Å²) in [6.07, 6.45) is 6.36. The zero-order valence-corrected chi connectivity index (χ0v) is 9.11. The zero-order chi connectivity index (χ0) is 10.5. The van der Waals surface area contributed by atoms with Gasteiger partial charge in [-0.05, 0) is 43.7 Å². The summed E-state index contributed by atoms with van der Waals surface area (Å²) in [7, 11) is 0. The molecule has 0 spiro atoms. The summed E-state index contributed by atoms with van der Waals surface area (Å²) >= 11 is 0. The second kappa shape index (κ2) is 5.17. The normalized spacial score (nSPS) is 21.5. The number of benzene rings is 1. The first kappa shape index (κ1) is 10.5. The third-order valence-corrected chi connectivity index (χ3v) is 3.06. The highest BCUT2D eigenvalue weighted by Gasteiger charge is 2.13. The molecule has 1 aliphatic heterocycles. The van der Waals surface area contributed by atoms with Crippen LogP contribution >= 0.6 is 0 Å². The lowest BCUT2D eigenvalue weighted by Gasteiger charge is -2.22. The minimum atomic E-state index is 0.457. The number of nitrogens with two attached hydrogens (primary N) is 1. The van der Waals surface area contributed by atoms with Crippen LogP contribution < -0.4 is 5.73 Å². The number of hydrogen-bond donors (Lipinski definition) is 1. The lowest BCUT2D eigenvalue weighted by atomic mass is 10.0. The van der Waals surface area contributed by atoms with Gasteiger partial charge in [-0.2, -0.15) is 0 Å². The Morgan fingerprint density at radius 2 is 2.13 bits per heavy atom. The van der Waals surface area contributed by atoms with Gasteiger partial charge in [0.15, 0.2) is 0 Å². The monoisotopic (exact) mass is 205 g/mol. The molecule has 2 nitrogen and oxygen atoms in total. The molecule has 15 heavy (non-hydrogen) atoms.